The van der Waals surface area contributed by atoms with Crippen molar-refractivity contribution in [3.05, 3.63) is 29.2 Å². The first kappa shape index (κ1) is 9.98. The Labute approximate surface area is 90.6 Å². The number of hydrogen-bond acceptors (Lipinski definition) is 3. The molecule has 0 saturated heterocycles. The molecular formula is C10H8ClFN2O. The van der Waals surface area contributed by atoms with Crippen LogP contribution in [-0.2, 0) is 0 Å². The van der Waals surface area contributed by atoms with Gasteiger partial charge in [-0.25, -0.2) is 4.39 Å². The Morgan fingerprint density at radius 3 is 2.87 bits per heavy atom. The third kappa shape index (κ3) is 1.57. The number of methoxy groups -OCH3 is 1. The molecule has 2 N–H and O–H groups in total. The number of hydrogen-bond donors (Lipinski definition) is 1. The van der Waals surface area contributed by atoms with Gasteiger partial charge in [-0.15, -0.1) is 0 Å². The summed E-state index contributed by atoms with van der Waals surface area (Å²) in [6, 6.07) is 2.75. The van der Waals surface area contributed by atoms with Gasteiger partial charge in [-0.05, 0) is 6.07 Å². The van der Waals surface area contributed by atoms with Crippen LogP contribution in [0.4, 0.5) is 10.1 Å². The van der Waals surface area contributed by atoms with E-state index in [0.717, 1.165) is 0 Å². The average Bonchev–Trinajstić information content (AvgIpc) is 2.23. The van der Waals surface area contributed by atoms with Gasteiger partial charge in [0.15, 0.2) is 11.6 Å². The Bertz CT molecular complexity index is 530. The molecule has 2 rings (SSSR count). The van der Waals surface area contributed by atoms with Crippen LogP contribution < -0.4 is 10.5 Å². The number of halogens is 2. The summed E-state index contributed by atoms with van der Waals surface area (Å²) in [5.74, 6) is -0.352. The number of benzene rings is 1. The van der Waals surface area contributed by atoms with Gasteiger partial charge < -0.3 is 10.5 Å². The van der Waals surface area contributed by atoms with Gasteiger partial charge in [-0.1, -0.05) is 11.6 Å². The Kier molecular flexibility index (Phi) is 2.36. The molecule has 0 radical (unpaired) electrons. The summed E-state index contributed by atoms with van der Waals surface area (Å²) in [6.07, 6.45) is 1.40. The lowest BCUT2D eigenvalue weighted by Crippen LogP contribution is -1.93. The van der Waals surface area contributed by atoms with Crippen LogP contribution in [0.25, 0.3) is 10.9 Å². The summed E-state index contributed by atoms with van der Waals surface area (Å²) in [5.41, 5.74) is 6.40. The minimum absolute atomic E-state index is 0.122. The number of fused-ring (bicyclic) bond motifs is 1. The van der Waals surface area contributed by atoms with E-state index in [1.165, 1.54) is 25.4 Å². The molecule has 1 aromatic carbocycles. The van der Waals surface area contributed by atoms with Crippen LogP contribution in [0.5, 0.6) is 5.75 Å². The molecule has 1 aromatic heterocycles. The van der Waals surface area contributed by atoms with E-state index in [2.05, 4.69) is 4.98 Å². The lowest BCUT2D eigenvalue weighted by Gasteiger charge is -2.06. The number of rotatable bonds is 1. The first-order chi connectivity index (χ1) is 7.13. The minimum Gasteiger partial charge on any atom is -0.494 e. The minimum atomic E-state index is -0.474. The van der Waals surface area contributed by atoms with Crippen LogP contribution in [0.2, 0.25) is 5.02 Å². The predicted octanol–water partition coefficient (Wildman–Crippen LogP) is 2.62. The van der Waals surface area contributed by atoms with E-state index >= 15 is 0 Å². The quantitative estimate of drug-likeness (QED) is 0.813. The second kappa shape index (κ2) is 3.55. The zero-order valence-corrected chi connectivity index (χ0v) is 8.68. The van der Waals surface area contributed by atoms with Gasteiger partial charge in [0, 0.05) is 11.5 Å². The summed E-state index contributed by atoms with van der Waals surface area (Å²) in [6.45, 7) is 0. The summed E-state index contributed by atoms with van der Waals surface area (Å²) < 4.78 is 18.2. The van der Waals surface area contributed by atoms with Crippen LogP contribution in [0.1, 0.15) is 0 Å². The van der Waals surface area contributed by atoms with Crippen molar-refractivity contribution in [2.45, 2.75) is 0 Å². The first-order valence-corrected chi connectivity index (χ1v) is 4.58. The molecule has 1 heterocycles. The molecule has 0 fully saturated rings. The van der Waals surface area contributed by atoms with Crippen molar-refractivity contribution in [3.8, 4) is 5.75 Å². The van der Waals surface area contributed by atoms with Crippen molar-refractivity contribution >= 4 is 28.2 Å². The average molecular weight is 227 g/mol. The molecule has 0 spiro atoms. The zero-order chi connectivity index (χ0) is 11.0. The van der Waals surface area contributed by atoms with Crippen molar-refractivity contribution in [2.24, 2.45) is 0 Å². The highest BCUT2D eigenvalue weighted by atomic mass is 35.5. The Morgan fingerprint density at radius 2 is 2.20 bits per heavy atom. The maximum atomic E-state index is 13.3. The van der Waals surface area contributed by atoms with Crippen LogP contribution in [-0.4, -0.2) is 12.1 Å². The van der Waals surface area contributed by atoms with Crippen LogP contribution in [0.15, 0.2) is 18.3 Å². The summed E-state index contributed by atoms with van der Waals surface area (Å²) in [7, 11) is 1.39. The van der Waals surface area contributed by atoms with Gasteiger partial charge in [0.1, 0.15) is 0 Å². The Morgan fingerprint density at radius 1 is 1.47 bits per heavy atom. The van der Waals surface area contributed by atoms with Gasteiger partial charge in [-0.2, -0.15) is 0 Å². The van der Waals surface area contributed by atoms with E-state index in [1.807, 2.05) is 0 Å². The molecule has 0 unspecified atom stereocenters. The van der Waals surface area contributed by atoms with E-state index in [9.17, 15) is 4.39 Å². The van der Waals surface area contributed by atoms with Crippen LogP contribution in [0, 0.1) is 5.82 Å². The topological polar surface area (TPSA) is 48.1 Å². The van der Waals surface area contributed by atoms with Crippen molar-refractivity contribution in [1.82, 2.24) is 4.98 Å². The van der Waals surface area contributed by atoms with Crippen molar-refractivity contribution in [1.29, 1.82) is 0 Å². The molecule has 78 valence electrons. The fourth-order valence-electron chi connectivity index (χ4n) is 1.33. The Balaban J connectivity index is 2.82. The van der Waals surface area contributed by atoms with Gasteiger partial charge in [-0.3, -0.25) is 4.98 Å². The zero-order valence-electron chi connectivity index (χ0n) is 7.92. The van der Waals surface area contributed by atoms with Crippen LogP contribution in [0.3, 0.4) is 0 Å². The normalized spacial score (nSPS) is 10.6. The molecule has 5 heteroatoms. The number of ether oxygens (including phenoxy) is 1. The van der Waals surface area contributed by atoms with Gasteiger partial charge >= 0.3 is 0 Å². The monoisotopic (exact) mass is 226 g/mol. The van der Waals surface area contributed by atoms with E-state index in [-0.39, 0.29) is 5.75 Å². The molecule has 0 aliphatic rings. The lowest BCUT2D eigenvalue weighted by molar-refractivity contribution is 0.387. The predicted molar refractivity (Wildman–Crippen MR) is 57.7 cm³/mol. The second-order valence-electron chi connectivity index (χ2n) is 3.03. The smallest absolute Gasteiger partial charge is 0.167 e. The fraction of sp³-hybridized carbons (Fsp3) is 0.100. The third-order valence-electron chi connectivity index (χ3n) is 2.10. The molecule has 0 atom stereocenters. The number of anilines is 1. The molecule has 0 bridgehead atoms. The van der Waals surface area contributed by atoms with Gasteiger partial charge in [0.25, 0.3) is 0 Å². The molecule has 0 saturated carbocycles. The number of nitrogen functional groups attached to an aromatic ring is 1. The first-order valence-electron chi connectivity index (χ1n) is 4.20. The molecule has 2 aromatic rings. The molecular weight excluding hydrogens is 219 g/mol. The number of aromatic nitrogens is 1. The highest BCUT2D eigenvalue weighted by Crippen LogP contribution is 2.31. The molecule has 0 amide bonds. The molecule has 15 heavy (non-hydrogen) atoms. The van der Waals surface area contributed by atoms with Gasteiger partial charge in [0.05, 0.1) is 29.5 Å². The fourth-order valence-corrected chi connectivity index (χ4v) is 1.53. The number of pyridine rings is 1. The standard InChI is InChI=1S/C10H8ClFN2O/c1-15-9-2-5-8(3-6(9)12)14-4-7(13)10(5)11/h2-4H,13H2,1H3. The number of nitrogens with zero attached hydrogens (tertiary/aromatic N) is 1. The maximum Gasteiger partial charge on any atom is 0.167 e. The molecule has 3 nitrogen and oxygen atoms in total. The van der Waals surface area contributed by atoms with E-state index in [4.69, 9.17) is 22.1 Å². The highest BCUT2D eigenvalue weighted by molar-refractivity contribution is 6.37. The van der Waals surface area contributed by atoms with E-state index in [0.29, 0.717) is 21.6 Å². The maximum absolute atomic E-state index is 13.3. The van der Waals surface area contributed by atoms with E-state index < -0.39 is 5.82 Å². The number of nitrogens with two attached hydrogens (primary N) is 1. The highest BCUT2D eigenvalue weighted by Gasteiger charge is 2.09. The van der Waals surface area contributed by atoms with Crippen molar-refractivity contribution in [3.63, 3.8) is 0 Å². The van der Waals surface area contributed by atoms with Crippen molar-refractivity contribution < 1.29 is 9.13 Å². The second-order valence-corrected chi connectivity index (χ2v) is 3.41. The lowest BCUT2D eigenvalue weighted by atomic mass is 10.2. The van der Waals surface area contributed by atoms with Gasteiger partial charge in [0.2, 0.25) is 0 Å². The molecule has 0 aliphatic heterocycles. The van der Waals surface area contributed by atoms with Crippen LogP contribution >= 0.6 is 11.6 Å². The SMILES string of the molecule is COc1cc2c(Cl)c(N)cnc2cc1F. The molecule has 0 aliphatic carbocycles. The van der Waals surface area contributed by atoms with Crippen molar-refractivity contribution in [2.75, 3.05) is 12.8 Å². The third-order valence-corrected chi connectivity index (χ3v) is 2.52. The Hall–Kier alpha value is -1.55. The van der Waals surface area contributed by atoms with E-state index in [1.54, 1.807) is 0 Å². The largest absolute Gasteiger partial charge is 0.494 e. The summed E-state index contributed by atoms with van der Waals surface area (Å²) >= 11 is 5.96. The summed E-state index contributed by atoms with van der Waals surface area (Å²) in [4.78, 5) is 3.97. The summed E-state index contributed by atoms with van der Waals surface area (Å²) in [5, 5.41) is 0.938.